The average Bonchev–Trinajstić information content (AvgIpc) is 3.30. The van der Waals surface area contributed by atoms with Crippen LogP contribution in [0.1, 0.15) is 24.3 Å². The summed E-state index contributed by atoms with van der Waals surface area (Å²) >= 11 is 0. The van der Waals surface area contributed by atoms with E-state index in [0.29, 0.717) is 23.4 Å². The summed E-state index contributed by atoms with van der Waals surface area (Å²) in [6, 6.07) is 9.24. The highest BCUT2D eigenvalue weighted by molar-refractivity contribution is 5.82. The highest BCUT2D eigenvalue weighted by Gasteiger charge is 2.35. The highest BCUT2D eigenvalue weighted by Crippen LogP contribution is 2.32. The number of fused-ring (bicyclic) bond motifs is 1. The fourth-order valence-corrected chi connectivity index (χ4v) is 3.30. The number of nitrogens with zero attached hydrogens (tertiary/aromatic N) is 4. The van der Waals surface area contributed by atoms with Gasteiger partial charge >= 0.3 is 0 Å². The molecule has 0 unspecified atom stereocenters. The zero-order chi connectivity index (χ0) is 18.8. The van der Waals surface area contributed by atoms with E-state index >= 15 is 0 Å². The van der Waals surface area contributed by atoms with Gasteiger partial charge in [0.25, 0.3) is 0 Å². The van der Waals surface area contributed by atoms with Crippen molar-refractivity contribution in [1.29, 1.82) is 0 Å². The van der Waals surface area contributed by atoms with Gasteiger partial charge in [0.05, 0.1) is 31.7 Å². The minimum atomic E-state index is -0.742. The SMILES string of the molecule is OC[C@H](Nc1ncnc2c1ncn2[C@H]1C[C@H](O)[C@@H](CO)O1)c1ccccc1. The van der Waals surface area contributed by atoms with E-state index in [4.69, 9.17) is 4.74 Å². The topological polar surface area (TPSA) is 126 Å². The molecule has 3 aromatic rings. The first-order valence-electron chi connectivity index (χ1n) is 8.75. The van der Waals surface area contributed by atoms with Crippen LogP contribution in [0.3, 0.4) is 0 Å². The van der Waals surface area contributed by atoms with Gasteiger partial charge in [-0.15, -0.1) is 0 Å². The molecule has 9 heteroatoms. The Hall–Kier alpha value is -2.59. The van der Waals surface area contributed by atoms with Crippen LogP contribution in [-0.2, 0) is 4.74 Å². The molecular weight excluding hydrogens is 350 g/mol. The Balaban J connectivity index is 1.63. The van der Waals surface area contributed by atoms with Gasteiger partial charge in [0, 0.05) is 6.42 Å². The van der Waals surface area contributed by atoms with Crippen LogP contribution in [0.4, 0.5) is 5.82 Å². The summed E-state index contributed by atoms with van der Waals surface area (Å²) in [7, 11) is 0. The number of ether oxygens (including phenoxy) is 1. The molecule has 4 atom stereocenters. The number of rotatable bonds is 6. The maximum absolute atomic E-state index is 9.97. The molecule has 1 aromatic carbocycles. The number of hydrogen-bond donors (Lipinski definition) is 4. The smallest absolute Gasteiger partial charge is 0.167 e. The first kappa shape index (κ1) is 17.8. The van der Waals surface area contributed by atoms with Crippen molar-refractivity contribution in [3.8, 4) is 0 Å². The highest BCUT2D eigenvalue weighted by atomic mass is 16.5. The Morgan fingerprint density at radius 3 is 2.70 bits per heavy atom. The third-order valence-electron chi connectivity index (χ3n) is 4.75. The number of aliphatic hydroxyl groups excluding tert-OH is 3. The van der Waals surface area contributed by atoms with E-state index in [9.17, 15) is 15.3 Å². The van der Waals surface area contributed by atoms with Gasteiger partial charge in [-0.2, -0.15) is 0 Å². The molecule has 1 saturated heterocycles. The van der Waals surface area contributed by atoms with Gasteiger partial charge < -0.3 is 25.4 Å². The van der Waals surface area contributed by atoms with Gasteiger partial charge in [-0.25, -0.2) is 15.0 Å². The molecule has 0 radical (unpaired) electrons. The van der Waals surface area contributed by atoms with E-state index in [1.807, 2.05) is 30.3 Å². The standard InChI is InChI=1S/C18H21N5O4/c24-7-12(11-4-2-1-3-5-11)22-17-16-18(20-9-19-17)23(10-21-16)15-6-13(26)14(8-25)27-15/h1-5,9-10,12-15,24-26H,6-8H2,(H,19,20,22)/t12-,13-,14+,15+/m0/s1. The van der Waals surface area contributed by atoms with Crippen LogP contribution in [0.5, 0.6) is 0 Å². The van der Waals surface area contributed by atoms with E-state index in [1.165, 1.54) is 6.33 Å². The number of anilines is 1. The lowest BCUT2D eigenvalue weighted by Crippen LogP contribution is -2.24. The van der Waals surface area contributed by atoms with Crippen LogP contribution in [0.25, 0.3) is 11.2 Å². The van der Waals surface area contributed by atoms with E-state index < -0.39 is 18.4 Å². The summed E-state index contributed by atoms with van der Waals surface area (Å²) in [5.74, 6) is 0.499. The van der Waals surface area contributed by atoms with Crippen molar-refractivity contribution in [2.45, 2.75) is 30.9 Å². The molecule has 0 spiro atoms. The Bertz CT molecular complexity index is 903. The van der Waals surface area contributed by atoms with Gasteiger partial charge in [0.1, 0.15) is 18.7 Å². The van der Waals surface area contributed by atoms with E-state index in [2.05, 4.69) is 20.3 Å². The van der Waals surface area contributed by atoms with Crippen molar-refractivity contribution in [3.05, 3.63) is 48.5 Å². The van der Waals surface area contributed by atoms with Gasteiger partial charge in [-0.1, -0.05) is 30.3 Å². The van der Waals surface area contributed by atoms with Crippen LogP contribution < -0.4 is 5.32 Å². The fraction of sp³-hybridized carbons (Fsp3) is 0.389. The Kier molecular flexibility index (Phi) is 4.99. The molecule has 1 fully saturated rings. The number of benzene rings is 1. The van der Waals surface area contributed by atoms with Crippen molar-refractivity contribution in [1.82, 2.24) is 19.5 Å². The molecule has 0 amide bonds. The minimum Gasteiger partial charge on any atom is -0.394 e. The van der Waals surface area contributed by atoms with Crippen molar-refractivity contribution < 1.29 is 20.1 Å². The summed E-state index contributed by atoms with van der Waals surface area (Å²) < 4.78 is 7.41. The van der Waals surface area contributed by atoms with Crippen LogP contribution >= 0.6 is 0 Å². The van der Waals surface area contributed by atoms with E-state index in [0.717, 1.165) is 5.56 Å². The maximum atomic E-state index is 9.97. The molecule has 1 aliphatic heterocycles. The van der Waals surface area contributed by atoms with Crippen LogP contribution in [0, 0.1) is 0 Å². The number of hydrogen-bond acceptors (Lipinski definition) is 8. The second-order valence-corrected chi connectivity index (χ2v) is 6.45. The predicted octanol–water partition coefficient (Wildman–Crippen LogP) is 0.612. The normalized spacial score (nSPS) is 23.6. The quantitative estimate of drug-likeness (QED) is 0.497. The molecule has 0 bridgehead atoms. The summed E-state index contributed by atoms with van der Waals surface area (Å²) in [6.45, 7) is -0.354. The second kappa shape index (κ2) is 7.57. The molecule has 142 valence electrons. The Morgan fingerprint density at radius 2 is 2.00 bits per heavy atom. The fourth-order valence-electron chi connectivity index (χ4n) is 3.30. The minimum absolute atomic E-state index is 0.105. The van der Waals surface area contributed by atoms with Crippen LogP contribution in [-0.4, -0.2) is 60.3 Å². The average molecular weight is 371 g/mol. The largest absolute Gasteiger partial charge is 0.394 e. The predicted molar refractivity (Wildman–Crippen MR) is 96.8 cm³/mol. The number of nitrogens with one attached hydrogen (secondary N) is 1. The number of aliphatic hydroxyl groups is 3. The number of imidazole rings is 1. The van der Waals surface area contributed by atoms with Gasteiger partial charge in [0.2, 0.25) is 0 Å². The molecule has 9 nitrogen and oxygen atoms in total. The third-order valence-corrected chi connectivity index (χ3v) is 4.75. The molecule has 0 aliphatic carbocycles. The summed E-state index contributed by atoms with van der Waals surface area (Å²) in [4.78, 5) is 12.9. The molecule has 27 heavy (non-hydrogen) atoms. The van der Waals surface area contributed by atoms with Gasteiger partial charge in [-0.05, 0) is 5.56 Å². The summed E-state index contributed by atoms with van der Waals surface area (Å²) in [5.41, 5.74) is 2.02. The molecule has 0 saturated carbocycles. The molecule has 1 aliphatic rings. The lowest BCUT2D eigenvalue weighted by molar-refractivity contribution is -0.0432. The lowest BCUT2D eigenvalue weighted by Gasteiger charge is -2.17. The third kappa shape index (κ3) is 3.37. The molecule has 2 aromatic heterocycles. The molecule has 4 N–H and O–H groups in total. The Morgan fingerprint density at radius 1 is 1.19 bits per heavy atom. The number of aromatic nitrogens is 4. The molecule has 4 rings (SSSR count). The summed E-state index contributed by atoms with van der Waals surface area (Å²) in [6.07, 6.45) is 1.51. The molecule has 3 heterocycles. The molecular formula is C18H21N5O4. The van der Waals surface area contributed by atoms with E-state index in [1.54, 1.807) is 10.9 Å². The van der Waals surface area contributed by atoms with Crippen molar-refractivity contribution in [3.63, 3.8) is 0 Å². The second-order valence-electron chi connectivity index (χ2n) is 6.45. The van der Waals surface area contributed by atoms with Gasteiger partial charge in [0.15, 0.2) is 17.0 Å². The zero-order valence-electron chi connectivity index (χ0n) is 14.5. The summed E-state index contributed by atoms with van der Waals surface area (Å²) in [5, 5.41) is 32.2. The Labute approximate surface area is 155 Å². The lowest BCUT2D eigenvalue weighted by atomic mass is 10.1. The first-order valence-corrected chi connectivity index (χ1v) is 8.75. The van der Waals surface area contributed by atoms with Crippen molar-refractivity contribution in [2.75, 3.05) is 18.5 Å². The van der Waals surface area contributed by atoms with Crippen LogP contribution in [0.2, 0.25) is 0 Å². The first-order chi connectivity index (χ1) is 13.2. The zero-order valence-corrected chi connectivity index (χ0v) is 14.5. The monoisotopic (exact) mass is 371 g/mol. The van der Waals surface area contributed by atoms with Crippen LogP contribution in [0.15, 0.2) is 43.0 Å². The van der Waals surface area contributed by atoms with Gasteiger partial charge in [-0.3, -0.25) is 4.57 Å². The van der Waals surface area contributed by atoms with Crippen molar-refractivity contribution >= 4 is 17.0 Å². The maximum Gasteiger partial charge on any atom is 0.167 e. The van der Waals surface area contributed by atoms with Crippen molar-refractivity contribution in [2.24, 2.45) is 0 Å². The van der Waals surface area contributed by atoms with E-state index in [-0.39, 0.29) is 19.3 Å².